The fourth-order valence-electron chi connectivity index (χ4n) is 2.83. The average Bonchev–Trinajstić information content (AvgIpc) is 2.27. The van der Waals surface area contributed by atoms with Gasteiger partial charge in [0.05, 0.1) is 7.11 Å². The number of hydrogen-bond donors (Lipinski definition) is 1. The first-order valence-electron chi connectivity index (χ1n) is 6.26. The van der Waals surface area contributed by atoms with E-state index in [2.05, 4.69) is 46.0 Å². The first kappa shape index (κ1) is 12.4. The monoisotopic (exact) mass is 233 g/mol. The number of nitrogens with one attached hydrogen (secondary N) is 1. The summed E-state index contributed by atoms with van der Waals surface area (Å²) in [5.41, 5.74) is 5.77. The third kappa shape index (κ3) is 1.85. The second kappa shape index (κ2) is 4.02. The van der Waals surface area contributed by atoms with Crippen LogP contribution in [0.4, 0.5) is 0 Å². The van der Waals surface area contributed by atoms with Crippen LogP contribution < -0.4 is 10.1 Å². The quantitative estimate of drug-likeness (QED) is 0.846. The maximum Gasteiger partial charge on any atom is 0.122 e. The minimum absolute atomic E-state index is 0.358. The first-order chi connectivity index (χ1) is 7.88. The second-order valence-electron chi connectivity index (χ2n) is 5.86. The Labute approximate surface area is 104 Å². The molecule has 0 amide bonds. The van der Waals surface area contributed by atoms with Gasteiger partial charge in [-0.3, -0.25) is 0 Å². The highest BCUT2D eigenvalue weighted by Gasteiger charge is 2.40. The maximum atomic E-state index is 5.42. The largest absolute Gasteiger partial charge is 0.496 e. The van der Waals surface area contributed by atoms with Gasteiger partial charge in [-0.2, -0.15) is 0 Å². The molecule has 1 fully saturated rings. The zero-order valence-corrected chi connectivity index (χ0v) is 11.8. The number of hydrogen-bond acceptors (Lipinski definition) is 2. The molecule has 1 saturated heterocycles. The molecule has 1 heterocycles. The van der Waals surface area contributed by atoms with Crippen LogP contribution in [0, 0.1) is 26.2 Å². The summed E-state index contributed by atoms with van der Waals surface area (Å²) in [6.45, 7) is 12.3. The summed E-state index contributed by atoms with van der Waals surface area (Å²) in [5, 5.41) is 3.56. The van der Waals surface area contributed by atoms with Crippen molar-refractivity contribution in [2.75, 3.05) is 13.7 Å². The molecule has 2 nitrogen and oxygen atoms in total. The molecule has 94 valence electrons. The molecule has 1 N–H and O–H groups in total. The van der Waals surface area contributed by atoms with Gasteiger partial charge in [0, 0.05) is 12.6 Å². The number of rotatable bonds is 2. The smallest absolute Gasteiger partial charge is 0.122 e. The number of benzene rings is 1. The van der Waals surface area contributed by atoms with Gasteiger partial charge in [-0.15, -0.1) is 0 Å². The van der Waals surface area contributed by atoms with Crippen LogP contribution >= 0.6 is 0 Å². The molecule has 0 radical (unpaired) electrons. The Hall–Kier alpha value is -1.02. The Bertz CT molecular complexity index is 449. The lowest BCUT2D eigenvalue weighted by Crippen LogP contribution is -2.52. The van der Waals surface area contributed by atoms with Gasteiger partial charge in [0.15, 0.2) is 0 Å². The molecule has 0 aliphatic carbocycles. The summed E-state index contributed by atoms with van der Waals surface area (Å²) < 4.78 is 5.42. The number of aryl methyl sites for hydroxylation is 1. The standard InChI is InChI=1S/C15H23NO/c1-9-7-12(17-6)10(2)11(3)13(9)14-15(4,5)8-16-14/h7,14,16H,8H2,1-6H3. The van der Waals surface area contributed by atoms with E-state index in [1.165, 1.54) is 22.3 Å². The van der Waals surface area contributed by atoms with E-state index in [0.717, 1.165) is 12.3 Å². The SMILES string of the molecule is COc1cc(C)c(C2NCC2(C)C)c(C)c1C. The molecule has 1 aromatic rings. The highest BCUT2D eigenvalue weighted by atomic mass is 16.5. The minimum Gasteiger partial charge on any atom is -0.496 e. The van der Waals surface area contributed by atoms with E-state index in [9.17, 15) is 0 Å². The van der Waals surface area contributed by atoms with Crippen molar-refractivity contribution in [2.45, 2.75) is 40.7 Å². The topological polar surface area (TPSA) is 21.3 Å². The summed E-state index contributed by atoms with van der Waals surface area (Å²) in [5.74, 6) is 1.00. The van der Waals surface area contributed by atoms with Crippen molar-refractivity contribution < 1.29 is 4.74 Å². The van der Waals surface area contributed by atoms with Crippen LogP contribution in [0.25, 0.3) is 0 Å². The van der Waals surface area contributed by atoms with Crippen LogP contribution in [-0.4, -0.2) is 13.7 Å². The lowest BCUT2D eigenvalue weighted by Gasteiger charge is -2.47. The second-order valence-corrected chi connectivity index (χ2v) is 5.86. The van der Waals surface area contributed by atoms with Crippen LogP contribution in [0.5, 0.6) is 5.75 Å². The third-order valence-corrected chi connectivity index (χ3v) is 4.16. The molecule has 0 saturated carbocycles. The van der Waals surface area contributed by atoms with Gasteiger partial charge >= 0.3 is 0 Å². The Morgan fingerprint density at radius 2 is 1.88 bits per heavy atom. The van der Waals surface area contributed by atoms with E-state index in [1.54, 1.807) is 7.11 Å². The zero-order valence-electron chi connectivity index (χ0n) is 11.8. The third-order valence-electron chi connectivity index (χ3n) is 4.16. The van der Waals surface area contributed by atoms with Crippen molar-refractivity contribution in [2.24, 2.45) is 5.41 Å². The first-order valence-corrected chi connectivity index (χ1v) is 6.26. The molecule has 2 rings (SSSR count). The zero-order chi connectivity index (χ0) is 12.8. The van der Waals surface area contributed by atoms with Gasteiger partial charge < -0.3 is 10.1 Å². The lowest BCUT2D eigenvalue weighted by atomic mass is 9.71. The van der Waals surface area contributed by atoms with Gasteiger partial charge in [0.25, 0.3) is 0 Å². The number of ether oxygens (including phenoxy) is 1. The Morgan fingerprint density at radius 3 is 2.29 bits per heavy atom. The molecular weight excluding hydrogens is 210 g/mol. The Balaban J connectivity index is 2.52. The predicted octanol–water partition coefficient (Wildman–Crippen LogP) is 3.29. The van der Waals surface area contributed by atoms with Gasteiger partial charge in [0.2, 0.25) is 0 Å². The van der Waals surface area contributed by atoms with Gasteiger partial charge in [0.1, 0.15) is 5.75 Å². The normalized spacial score (nSPS) is 22.1. The van der Waals surface area contributed by atoms with E-state index in [4.69, 9.17) is 4.74 Å². The Morgan fingerprint density at radius 1 is 1.24 bits per heavy atom. The predicted molar refractivity (Wildman–Crippen MR) is 71.7 cm³/mol. The van der Waals surface area contributed by atoms with Gasteiger partial charge in [-0.05, 0) is 54.5 Å². The molecule has 0 spiro atoms. The van der Waals surface area contributed by atoms with Crippen molar-refractivity contribution in [3.63, 3.8) is 0 Å². The van der Waals surface area contributed by atoms with Crippen LogP contribution in [0.15, 0.2) is 6.07 Å². The van der Waals surface area contributed by atoms with Crippen molar-refractivity contribution >= 4 is 0 Å². The molecule has 0 aromatic heterocycles. The fourth-order valence-corrected chi connectivity index (χ4v) is 2.83. The van der Waals surface area contributed by atoms with Gasteiger partial charge in [-0.1, -0.05) is 13.8 Å². The van der Waals surface area contributed by atoms with Crippen LogP contribution in [0.3, 0.4) is 0 Å². The summed E-state index contributed by atoms with van der Waals surface area (Å²) in [7, 11) is 1.74. The van der Waals surface area contributed by atoms with E-state index in [-0.39, 0.29) is 0 Å². The summed E-state index contributed by atoms with van der Waals surface area (Å²) in [6, 6.07) is 2.64. The van der Waals surface area contributed by atoms with Crippen LogP contribution in [-0.2, 0) is 0 Å². The Kier molecular flexibility index (Phi) is 2.94. The molecule has 1 aliphatic rings. The highest BCUT2D eigenvalue weighted by Crippen LogP contribution is 2.44. The van der Waals surface area contributed by atoms with E-state index < -0.39 is 0 Å². The average molecular weight is 233 g/mol. The molecule has 1 unspecified atom stereocenters. The molecule has 1 atom stereocenters. The van der Waals surface area contributed by atoms with Crippen LogP contribution in [0.2, 0.25) is 0 Å². The molecular formula is C15H23NO. The summed E-state index contributed by atoms with van der Waals surface area (Å²) in [4.78, 5) is 0. The van der Waals surface area contributed by atoms with E-state index in [0.29, 0.717) is 11.5 Å². The molecule has 2 heteroatoms. The van der Waals surface area contributed by atoms with Crippen molar-refractivity contribution in [1.82, 2.24) is 5.32 Å². The summed E-state index contributed by atoms with van der Waals surface area (Å²) in [6.07, 6.45) is 0. The minimum atomic E-state index is 0.358. The van der Waals surface area contributed by atoms with Crippen molar-refractivity contribution in [3.8, 4) is 5.75 Å². The van der Waals surface area contributed by atoms with Crippen LogP contribution in [0.1, 0.15) is 42.1 Å². The number of methoxy groups -OCH3 is 1. The van der Waals surface area contributed by atoms with Gasteiger partial charge in [-0.25, -0.2) is 0 Å². The molecule has 1 aliphatic heterocycles. The molecule has 17 heavy (non-hydrogen) atoms. The van der Waals surface area contributed by atoms with E-state index in [1.807, 2.05) is 0 Å². The fraction of sp³-hybridized carbons (Fsp3) is 0.600. The van der Waals surface area contributed by atoms with E-state index >= 15 is 0 Å². The lowest BCUT2D eigenvalue weighted by molar-refractivity contribution is 0.127. The van der Waals surface area contributed by atoms with Crippen molar-refractivity contribution in [3.05, 3.63) is 28.3 Å². The molecule has 0 bridgehead atoms. The summed E-state index contributed by atoms with van der Waals surface area (Å²) >= 11 is 0. The maximum absolute atomic E-state index is 5.42. The molecule has 1 aromatic carbocycles. The van der Waals surface area contributed by atoms with Crippen molar-refractivity contribution in [1.29, 1.82) is 0 Å². The highest BCUT2D eigenvalue weighted by molar-refractivity contribution is 5.50.